The third-order valence-corrected chi connectivity index (χ3v) is 4.80. The van der Waals surface area contributed by atoms with Crippen LogP contribution in [-0.2, 0) is 25.5 Å². The molecule has 176 valence electrons. The molecular formula is C24H29N3O5S. The molecule has 0 radical (unpaired) electrons. The third-order valence-electron chi connectivity index (χ3n) is 4.60. The Labute approximate surface area is 199 Å². The van der Waals surface area contributed by atoms with Crippen LogP contribution in [0.4, 0.5) is 0 Å². The standard InChI is InChI=1S/C24H29N3O5S/c1-17-8-6-9-18(2)23(17)32-16-21(29)26-27-24(33)25-20(28)13-14-22(30)31-15-7-12-19-10-4-3-5-11-19/h3-6,8-11H,7,12-16H2,1-2H3,(H,26,29)(H2,25,27,28,33). The largest absolute Gasteiger partial charge is 0.483 e. The summed E-state index contributed by atoms with van der Waals surface area (Å²) < 4.78 is 10.7. The molecule has 8 nitrogen and oxygen atoms in total. The Hall–Kier alpha value is -3.46. The van der Waals surface area contributed by atoms with Gasteiger partial charge >= 0.3 is 5.97 Å². The summed E-state index contributed by atoms with van der Waals surface area (Å²) in [4.78, 5) is 35.6. The van der Waals surface area contributed by atoms with Gasteiger partial charge in [-0.2, -0.15) is 0 Å². The highest BCUT2D eigenvalue weighted by Crippen LogP contribution is 2.21. The first-order valence-corrected chi connectivity index (χ1v) is 11.0. The molecule has 9 heteroatoms. The highest BCUT2D eigenvalue weighted by atomic mass is 32.1. The van der Waals surface area contributed by atoms with E-state index in [0.717, 1.165) is 17.5 Å². The fourth-order valence-corrected chi connectivity index (χ4v) is 3.11. The molecule has 0 saturated heterocycles. The number of hydrogen-bond donors (Lipinski definition) is 3. The van der Waals surface area contributed by atoms with Crippen molar-refractivity contribution in [2.75, 3.05) is 13.2 Å². The molecule has 2 aromatic carbocycles. The van der Waals surface area contributed by atoms with Crippen molar-refractivity contribution in [3.05, 3.63) is 65.2 Å². The molecule has 0 heterocycles. The first-order chi connectivity index (χ1) is 15.8. The molecule has 0 bridgehead atoms. The van der Waals surface area contributed by atoms with Crippen molar-refractivity contribution in [3.63, 3.8) is 0 Å². The topological polar surface area (TPSA) is 106 Å². The Bertz CT molecular complexity index is 946. The molecule has 0 unspecified atom stereocenters. The summed E-state index contributed by atoms with van der Waals surface area (Å²) in [6, 6.07) is 15.6. The van der Waals surface area contributed by atoms with Gasteiger partial charge in [0.25, 0.3) is 5.91 Å². The first kappa shape index (κ1) is 25.8. The maximum atomic E-state index is 11.9. The Morgan fingerprint density at radius 3 is 2.27 bits per heavy atom. The van der Waals surface area contributed by atoms with Gasteiger partial charge in [-0.25, -0.2) is 0 Å². The van der Waals surface area contributed by atoms with Crippen molar-refractivity contribution in [2.24, 2.45) is 0 Å². The number of nitrogens with one attached hydrogen (secondary N) is 3. The van der Waals surface area contributed by atoms with Crippen molar-refractivity contribution in [3.8, 4) is 5.75 Å². The number of rotatable bonds is 10. The summed E-state index contributed by atoms with van der Waals surface area (Å²) >= 11 is 4.97. The van der Waals surface area contributed by atoms with Gasteiger partial charge in [0.05, 0.1) is 13.0 Å². The van der Waals surface area contributed by atoms with Crippen LogP contribution in [0.3, 0.4) is 0 Å². The molecule has 0 aliphatic carbocycles. The van der Waals surface area contributed by atoms with Crippen LogP contribution >= 0.6 is 12.2 Å². The van der Waals surface area contributed by atoms with Gasteiger partial charge in [-0.1, -0.05) is 48.5 Å². The summed E-state index contributed by atoms with van der Waals surface area (Å²) in [7, 11) is 0. The van der Waals surface area contributed by atoms with Gasteiger partial charge in [-0.15, -0.1) is 0 Å². The number of ether oxygens (including phenoxy) is 2. The molecule has 0 aliphatic rings. The molecule has 2 amide bonds. The number of carbonyl (C=O) groups excluding carboxylic acids is 3. The number of hydrazine groups is 1. The predicted molar refractivity (Wildman–Crippen MR) is 128 cm³/mol. The predicted octanol–water partition coefficient (Wildman–Crippen LogP) is 2.66. The van der Waals surface area contributed by atoms with Crippen LogP contribution in [-0.4, -0.2) is 36.1 Å². The smallest absolute Gasteiger partial charge is 0.306 e. The molecule has 3 N–H and O–H groups in total. The Kier molecular flexibility index (Phi) is 10.8. The van der Waals surface area contributed by atoms with E-state index in [2.05, 4.69) is 16.2 Å². The lowest BCUT2D eigenvalue weighted by molar-refractivity contribution is -0.145. The van der Waals surface area contributed by atoms with Crippen LogP contribution in [0, 0.1) is 13.8 Å². The molecule has 33 heavy (non-hydrogen) atoms. The fraction of sp³-hybridized carbons (Fsp3) is 0.333. The molecule has 0 aromatic heterocycles. The minimum atomic E-state index is -0.465. The number of hydrogen-bond acceptors (Lipinski definition) is 6. The summed E-state index contributed by atoms with van der Waals surface area (Å²) in [6.45, 7) is 3.87. The minimum absolute atomic E-state index is 0.0598. The van der Waals surface area contributed by atoms with Crippen LogP contribution in [0.1, 0.15) is 36.0 Å². The van der Waals surface area contributed by atoms with E-state index >= 15 is 0 Å². The van der Waals surface area contributed by atoms with Gasteiger partial charge in [-0.05, 0) is 55.6 Å². The van der Waals surface area contributed by atoms with Gasteiger partial charge < -0.3 is 14.8 Å². The van der Waals surface area contributed by atoms with E-state index in [-0.39, 0.29) is 24.6 Å². The van der Waals surface area contributed by atoms with E-state index in [1.54, 1.807) is 0 Å². The van der Waals surface area contributed by atoms with Crippen LogP contribution < -0.4 is 20.9 Å². The average molecular weight is 472 g/mol. The summed E-state index contributed by atoms with van der Waals surface area (Å²) in [5.41, 5.74) is 7.80. The zero-order chi connectivity index (χ0) is 24.1. The van der Waals surface area contributed by atoms with Gasteiger partial charge in [0.15, 0.2) is 11.7 Å². The van der Waals surface area contributed by atoms with Gasteiger partial charge in [0, 0.05) is 6.42 Å². The molecule has 0 fully saturated rings. The van der Waals surface area contributed by atoms with E-state index in [9.17, 15) is 14.4 Å². The zero-order valence-electron chi connectivity index (χ0n) is 18.8. The molecule has 0 atom stereocenters. The number of esters is 1. The first-order valence-electron chi connectivity index (χ1n) is 10.6. The normalized spacial score (nSPS) is 10.1. The lowest BCUT2D eigenvalue weighted by Gasteiger charge is -2.13. The van der Waals surface area contributed by atoms with Crippen LogP contribution in [0.2, 0.25) is 0 Å². The second-order valence-corrected chi connectivity index (χ2v) is 7.78. The summed E-state index contributed by atoms with van der Waals surface area (Å²) in [5.74, 6) is -0.729. The maximum Gasteiger partial charge on any atom is 0.306 e. The number of aryl methyl sites for hydroxylation is 3. The lowest BCUT2D eigenvalue weighted by atomic mass is 10.1. The zero-order valence-corrected chi connectivity index (χ0v) is 19.6. The van der Waals surface area contributed by atoms with Crippen molar-refractivity contribution >= 4 is 35.1 Å². The average Bonchev–Trinajstić information content (AvgIpc) is 2.79. The van der Waals surface area contributed by atoms with Crippen LogP contribution in [0.5, 0.6) is 5.75 Å². The molecule has 0 spiro atoms. The Morgan fingerprint density at radius 2 is 1.58 bits per heavy atom. The van der Waals surface area contributed by atoms with E-state index in [1.165, 1.54) is 5.56 Å². The summed E-state index contributed by atoms with van der Waals surface area (Å²) in [5, 5.41) is 2.30. The van der Waals surface area contributed by atoms with Crippen molar-refractivity contribution in [2.45, 2.75) is 39.5 Å². The number of para-hydroxylation sites is 1. The van der Waals surface area contributed by atoms with Crippen molar-refractivity contribution in [1.29, 1.82) is 0 Å². The third kappa shape index (κ3) is 10.1. The number of benzene rings is 2. The second kappa shape index (κ2) is 13.8. The van der Waals surface area contributed by atoms with Crippen molar-refractivity contribution < 1.29 is 23.9 Å². The van der Waals surface area contributed by atoms with Gasteiger partial charge in [0.1, 0.15) is 5.75 Å². The maximum absolute atomic E-state index is 11.9. The quantitative estimate of drug-likeness (QED) is 0.212. The minimum Gasteiger partial charge on any atom is -0.483 e. The summed E-state index contributed by atoms with van der Waals surface area (Å²) in [6.07, 6.45) is 1.39. The van der Waals surface area contributed by atoms with E-state index in [4.69, 9.17) is 21.7 Å². The Balaban J connectivity index is 1.55. The monoisotopic (exact) mass is 471 g/mol. The van der Waals surface area contributed by atoms with Crippen LogP contribution in [0.25, 0.3) is 0 Å². The van der Waals surface area contributed by atoms with E-state index in [1.807, 2.05) is 62.4 Å². The molecule has 2 rings (SSSR count). The molecule has 0 aliphatic heterocycles. The Morgan fingerprint density at radius 1 is 0.879 bits per heavy atom. The van der Waals surface area contributed by atoms with Crippen LogP contribution in [0.15, 0.2) is 48.5 Å². The number of thiocarbonyl (C=S) groups is 1. The fourth-order valence-electron chi connectivity index (χ4n) is 2.94. The molecular weight excluding hydrogens is 442 g/mol. The highest BCUT2D eigenvalue weighted by molar-refractivity contribution is 7.80. The van der Waals surface area contributed by atoms with Gasteiger partial charge in [0.2, 0.25) is 5.91 Å². The molecule has 2 aromatic rings. The molecule has 0 saturated carbocycles. The second-order valence-electron chi connectivity index (χ2n) is 7.37. The lowest BCUT2D eigenvalue weighted by Crippen LogP contribution is -2.49. The van der Waals surface area contributed by atoms with E-state index < -0.39 is 17.8 Å². The highest BCUT2D eigenvalue weighted by Gasteiger charge is 2.11. The van der Waals surface area contributed by atoms with E-state index in [0.29, 0.717) is 18.8 Å². The van der Waals surface area contributed by atoms with Gasteiger partial charge in [-0.3, -0.25) is 25.2 Å². The van der Waals surface area contributed by atoms with Crippen molar-refractivity contribution in [1.82, 2.24) is 16.2 Å². The number of carbonyl (C=O) groups is 3. The number of amides is 2. The SMILES string of the molecule is Cc1cccc(C)c1OCC(=O)NNC(=S)NC(=O)CCC(=O)OCCCc1ccccc1.